The standard InChI is InChI=1S/C15H17BrN2O2S/c1-9(17-7-11-8-18-10(2)21-11)12-5-14-15(6-13(12)16)20-4-3-19-14/h5-6,8-9,17H,3-4,7H2,1-2H3. The number of ether oxygens (including phenoxy) is 2. The number of nitrogens with zero attached hydrogens (tertiary/aromatic N) is 1. The van der Waals surface area contributed by atoms with Crippen molar-refractivity contribution in [1.82, 2.24) is 10.3 Å². The Kier molecular flexibility index (Phi) is 4.47. The van der Waals surface area contributed by atoms with Gasteiger partial charge in [0.1, 0.15) is 13.2 Å². The Labute approximate surface area is 136 Å². The van der Waals surface area contributed by atoms with E-state index in [1.54, 1.807) is 11.3 Å². The zero-order valence-corrected chi connectivity index (χ0v) is 14.4. The van der Waals surface area contributed by atoms with Gasteiger partial charge in [-0.2, -0.15) is 0 Å². The summed E-state index contributed by atoms with van der Waals surface area (Å²) in [6, 6.07) is 4.24. The first kappa shape index (κ1) is 14.8. The SMILES string of the molecule is Cc1ncc(CNC(C)c2cc3c(cc2Br)OCCO3)s1. The molecule has 112 valence electrons. The Morgan fingerprint density at radius 2 is 2.05 bits per heavy atom. The van der Waals surface area contributed by atoms with E-state index in [9.17, 15) is 0 Å². The molecule has 1 aromatic carbocycles. The van der Waals surface area contributed by atoms with Crippen molar-refractivity contribution in [3.05, 3.63) is 38.3 Å². The minimum atomic E-state index is 0.206. The van der Waals surface area contributed by atoms with Crippen molar-refractivity contribution in [3.63, 3.8) is 0 Å². The number of nitrogens with one attached hydrogen (secondary N) is 1. The number of benzene rings is 1. The molecule has 2 heterocycles. The average Bonchev–Trinajstić information content (AvgIpc) is 2.89. The molecule has 1 aliphatic heterocycles. The Morgan fingerprint density at radius 1 is 1.33 bits per heavy atom. The molecule has 0 spiro atoms. The number of aryl methyl sites for hydroxylation is 1. The third-order valence-electron chi connectivity index (χ3n) is 3.38. The number of rotatable bonds is 4. The van der Waals surface area contributed by atoms with E-state index in [2.05, 4.69) is 33.2 Å². The van der Waals surface area contributed by atoms with Gasteiger partial charge < -0.3 is 14.8 Å². The fourth-order valence-corrected chi connectivity index (χ4v) is 3.67. The van der Waals surface area contributed by atoms with Gasteiger partial charge in [0, 0.05) is 28.1 Å². The van der Waals surface area contributed by atoms with Crippen molar-refractivity contribution in [3.8, 4) is 11.5 Å². The predicted molar refractivity (Wildman–Crippen MR) is 87.2 cm³/mol. The normalized spacial score (nSPS) is 15.0. The largest absolute Gasteiger partial charge is 0.486 e. The first-order chi connectivity index (χ1) is 10.1. The molecule has 3 rings (SSSR count). The summed E-state index contributed by atoms with van der Waals surface area (Å²) < 4.78 is 12.3. The van der Waals surface area contributed by atoms with Crippen molar-refractivity contribution in [2.75, 3.05) is 13.2 Å². The highest BCUT2D eigenvalue weighted by Gasteiger charge is 2.18. The van der Waals surface area contributed by atoms with Gasteiger partial charge in [0.2, 0.25) is 0 Å². The molecule has 0 aliphatic carbocycles. The topological polar surface area (TPSA) is 43.4 Å². The van der Waals surface area contributed by atoms with E-state index in [0.717, 1.165) is 27.5 Å². The molecule has 0 fully saturated rings. The zero-order chi connectivity index (χ0) is 14.8. The van der Waals surface area contributed by atoms with E-state index < -0.39 is 0 Å². The number of thiazole rings is 1. The van der Waals surface area contributed by atoms with E-state index in [1.807, 2.05) is 25.3 Å². The maximum atomic E-state index is 5.65. The molecule has 6 heteroatoms. The van der Waals surface area contributed by atoms with E-state index in [1.165, 1.54) is 10.4 Å². The molecule has 0 bridgehead atoms. The molecule has 1 unspecified atom stereocenters. The lowest BCUT2D eigenvalue weighted by atomic mass is 10.1. The highest BCUT2D eigenvalue weighted by molar-refractivity contribution is 9.10. The summed E-state index contributed by atoms with van der Waals surface area (Å²) in [5.74, 6) is 1.63. The predicted octanol–water partition coefficient (Wildman–Crippen LogP) is 3.84. The van der Waals surface area contributed by atoms with Crippen LogP contribution in [0.15, 0.2) is 22.8 Å². The molecule has 0 amide bonds. The van der Waals surface area contributed by atoms with Crippen LogP contribution in [0.2, 0.25) is 0 Å². The van der Waals surface area contributed by atoms with Gasteiger partial charge in [-0.3, -0.25) is 0 Å². The van der Waals surface area contributed by atoms with Crippen LogP contribution < -0.4 is 14.8 Å². The number of halogens is 1. The van der Waals surface area contributed by atoms with Gasteiger partial charge in [0.15, 0.2) is 11.5 Å². The molecule has 0 saturated carbocycles. The monoisotopic (exact) mass is 368 g/mol. The number of fused-ring (bicyclic) bond motifs is 1. The minimum absolute atomic E-state index is 0.206. The summed E-state index contributed by atoms with van der Waals surface area (Å²) in [7, 11) is 0. The second kappa shape index (κ2) is 6.34. The Morgan fingerprint density at radius 3 is 2.71 bits per heavy atom. The molecule has 2 aromatic rings. The van der Waals surface area contributed by atoms with Gasteiger partial charge in [-0.05, 0) is 31.5 Å². The van der Waals surface area contributed by atoms with Gasteiger partial charge in [0.25, 0.3) is 0 Å². The lowest BCUT2D eigenvalue weighted by Gasteiger charge is -2.22. The molecular weight excluding hydrogens is 352 g/mol. The van der Waals surface area contributed by atoms with Crippen molar-refractivity contribution in [2.24, 2.45) is 0 Å². The molecule has 21 heavy (non-hydrogen) atoms. The van der Waals surface area contributed by atoms with E-state index in [4.69, 9.17) is 9.47 Å². The Balaban J connectivity index is 1.73. The van der Waals surface area contributed by atoms with Gasteiger partial charge in [-0.15, -0.1) is 11.3 Å². The van der Waals surface area contributed by atoms with Gasteiger partial charge >= 0.3 is 0 Å². The van der Waals surface area contributed by atoms with E-state index >= 15 is 0 Å². The van der Waals surface area contributed by atoms with E-state index in [0.29, 0.717) is 13.2 Å². The fraction of sp³-hybridized carbons (Fsp3) is 0.400. The molecule has 1 aromatic heterocycles. The molecule has 0 radical (unpaired) electrons. The van der Waals surface area contributed by atoms with Crippen LogP contribution in [-0.2, 0) is 6.54 Å². The second-order valence-electron chi connectivity index (χ2n) is 4.97. The average molecular weight is 369 g/mol. The molecule has 0 saturated heterocycles. The summed E-state index contributed by atoms with van der Waals surface area (Å²) in [4.78, 5) is 5.52. The van der Waals surface area contributed by atoms with Crippen LogP contribution in [0.4, 0.5) is 0 Å². The van der Waals surface area contributed by atoms with Crippen LogP contribution >= 0.6 is 27.3 Å². The highest BCUT2D eigenvalue weighted by atomic mass is 79.9. The maximum Gasteiger partial charge on any atom is 0.162 e. The fourth-order valence-electron chi connectivity index (χ4n) is 2.26. The van der Waals surface area contributed by atoms with Crippen molar-refractivity contribution in [2.45, 2.75) is 26.4 Å². The highest BCUT2D eigenvalue weighted by Crippen LogP contribution is 2.37. The van der Waals surface area contributed by atoms with E-state index in [-0.39, 0.29) is 6.04 Å². The molecule has 1 atom stereocenters. The smallest absolute Gasteiger partial charge is 0.162 e. The molecule has 4 nitrogen and oxygen atoms in total. The number of aromatic nitrogens is 1. The summed E-state index contributed by atoms with van der Waals surface area (Å²) in [6.07, 6.45) is 1.93. The zero-order valence-electron chi connectivity index (χ0n) is 12.0. The van der Waals surface area contributed by atoms with Crippen molar-refractivity contribution in [1.29, 1.82) is 0 Å². The molecular formula is C15H17BrN2O2S. The van der Waals surface area contributed by atoms with Crippen molar-refractivity contribution >= 4 is 27.3 Å². The van der Waals surface area contributed by atoms with Crippen LogP contribution in [0.25, 0.3) is 0 Å². The minimum Gasteiger partial charge on any atom is -0.486 e. The number of hydrogen-bond donors (Lipinski definition) is 1. The summed E-state index contributed by atoms with van der Waals surface area (Å²) in [5, 5.41) is 4.62. The first-order valence-corrected chi connectivity index (χ1v) is 8.48. The third-order valence-corrected chi connectivity index (χ3v) is 4.98. The molecule has 1 aliphatic rings. The maximum absolute atomic E-state index is 5.65. The van der Waals surface area contributed by atoms with Crippen LogP contribution in [0, 0.1) is 6.92 Å². The van der Waals surface area contributed by atoms with Crippen LogP contribution in [0.5, 0.6) is 11.5 Å². The summed E-state index contributed by atoms with van der Waals surface area (Å²) in [5.41, 5.74) is 1.17. The Bertz CT molecular complexity index is 645. The van der Waals surface area contributed by atoms with Crippen LogP contribution in [-0.4, -0.2) is 18.2 Å². The molecule has 1 N–H and O–H groups in total. The third kappa shape index (κ3) is 3.39. The lowest BCUT2D eigenvalue weighted by molar-refractivity contribution is 0.171. The van der Waals surface area contributed by atoms with Gasteiger partial charge in [-0.25, -0.2) is 4.98 Å². The van der Waals surface area contributed by atoms with Crippen LogP contribution in [0.1, 0.15) is 28.4 Å². The first-order valence-electron chi connectivity index (χ1n) is 6.87. The number of hydrogen-bond acceptors (Lipinski definition) is 5. The quantitative estimate of drug-likeness (QED) is 0.890. The second-order valence-corrected chi connectivity index (χ2v) is 7.14. The van der Waals surface area contributed by atoms with Gasteiger partial charge in [-0.1, -0.05) is 15.9 Å². The van der Waals surface area contributed by atoms with Gasteiger partial charge in [0.05, 0.1) is 5.01 Å². The lowest BCUT2D eigenvalue weighted by Crippen LogP contribution is -2.19. The van der Waals surface area contributed by atoms with Crippen molar-refractivity contribution < 1.29 is 9.47 Å². The Hall–Kier alpha value is -1.11. The summed E-state index contributed by atoms with van der Waals surface area (Å²) in [6.45, 7) is 6.19. The summed E-state index contributed by atoms with van der Waals surface area (Å²) >= 11 is 5.34. The van der Waals surface area contributed by atoms with Crippen LogP contribution in [0.3, 0.4) is 0 Å².